The molecule has 172 valence electrons. The number of hydrogen-bond donors (Lipinski definition) is 3. The molecule has 1 fully saturated rings. The molecule has 3 unspecified atom stereocenters. The lowest BCUT2D eigenvalue weighted by Crippen LogP contribution is -2.46. The lowest BCUT2D eigenvalue weighted by molar-refractivity contribution is -0.168. The fourth-order valence-electron chi connectivity index (χ4n) is 3.93. The zero-order chi connectivity index (χ0) is 23.1. The number of benzene rings is 2. The molecule has 1 aliphatic rings. The number of nitriles is 1. The third-order valence-corrected chi connectivity index (χ3v) is 6.72. The normalized spacial score (nSPS) is 21.8. The van der Waals surface area contributed by atoms with Crippen LogP contribution in [0.3, 0.4) is 0 Å². The van der Waals surface area contributed by atoms with Gasteiger partial charge in [-0.2, -0.15) is 5.26 Å². The Balaban J connectivity index is 1.79. The first-order valence-electron chi connectivity index (χ1n) is 11.3. The lowest BCUT2D eigenvalue weighted by Gasteiger charge is -2.31. The van der Waals surface area contributed by atoms with Gasteiger partial charge in [-0.3, -0.25) is 4.72 Å². The second kappa shape index (κ2) is 11.7. The van der Waals surface area contributed by atoms with Crippen LogP contribution in [-0.4, -0.2) is 48.3 Å². The van der Waals surface area contributed by atoms with Crippen LogP contribution in [0.5, 0.6) is 0 Å². The molecule has 0 saturated carbocycles. The predicted molar refractivity (Wildman–Crippen MR) is 132 cm³/mol. The van der Waals surface area contributed by atoms with Crippen molar-refractivity contribution in [3.63, 3.8) is 0 Å². The summed E-state index contributed by atoms with van der Waals surface area (Å²) >= 11 is 1.17. The Morgan fingerprint density at radius 3 is 2.53 bits per heavy atom. The van der Waals surface area contributed by atoms with Gasteiger partial charge in [0.05, 0.1) is 18.8 Å². The van der Waals surface area contributed by atoms with Crippen molar-refractivity contribution in [2.75, 3.05) is 24.6 Å². The van der Waals surface area contributed by atoms with Gasteiger partial charge in [-0.25, -0.2) is 0 Å². The van der Waals surface area contributed by atoms with Crippen LogP contribution >= 0.6 is 11.9 Å². The highest BCUT2D eigenvalue weighted by Crippen LogP contribution is 2.30. The van der Waals surface area contributed by atoms with E-state index >= 15 is 0 Å². The Labute approximate surface area is 195 Å². The molecule has 7 heteroatoms. The second-order valence-corrected chi connectivity index (χ2v) is 9.09. The van der Waals surface area contributed by atoms with Gasteiger partial charge in [-0.15, -0.1) is 0 Å². The first kappa shape index (κ1) is 24.6. The molecule has 1 saturated heterocycles. The minimum absolute atomic E-state index is 0.122. The van der Waals surface area contributed by atoms with E-state index in [0.29, 0.717) is 11.3 Å². The van der Waals surface area contributed by atoms with Crippen molar-refractivity contribution in [2.45, 2.75) is 58.5 Å². The Morgan fingerprint density at radius 1 is 1.16 bits per heavy atom. The number of hydrogen-bond acceptors (Lipinski definition) is 7. The summed E-state index contributed by atoms with van der Waals surface area (Å²) in [6, 6.07) is 14.6. The Hall–Kier alpha value is -2.08. The van der Waals surface area contributed by atoms with Crippen LogP contribution in [0.4, 0.5) is 5.69 Å². The largest absolute Gasteiger partial charge is 0.391 e. The van der Waals surface area contributed by atoms with Gasteiger partial charge in [-0.1, -0.05) is 32.0 Å². The number of aliphatic hydroxyl groups excluding tert-OH is 2. The highest BCUT2D eigenvalue weighted by Gasteiger charge is 2.29. The maximum Gasteiger partial charge on any atom is 0.171 e. The van der Waals surface area contributed by atoms with Gasteiger partial charge in [0.1, 0.15) is 11.0 Å². The molecule has 3 atom stereocenters. The molecule has 6 nitrogen and oxygen atoms in total. The summed E-state index contributed by atoms with van der Waals surface area (Å²) in [4.78, 5) is 2.94. The first-order chi connectivity index (χ1) is 15.5. The van der Waals surface area contributed by atoms with Gasteiger partial charge in [0.25, 0.3) is 0 Å². The van der Waals surface area contributed by atoms with E-state index in [1.165, 1.54) is 23.0 Å². The fraction of sp³-hybridized carbons (Fsp3) is 0.480. The molecule has 1 aliphatic heterocycles. The minimum atomic E-state index is -0.999. The van der Waals surface area contributed by atoms with Gasteiger partial charge >= 0.3 is 0 Å². The summed E-state index contributed by atoms with van der Waals surface area (Å²) < 4.78 is 8.23. The molecular weight excluding hydrogens is 422 g/mol. The summed E-state index contributed by atoms with van der Waals surface area (Å²) in [5.74, 6) is 0. The fourth-order valence-corrected chi connectivity index (χ4v) is 4.73. The van der Waals surface area contributed by atoms with Crippen LogP contribution < -0.4 is 9.62 Å². The molecule has 1 heterocycles. The predicted octanol–water partition coefficient (Wildman–Crippen LogP) is 4.43. The summed E-state index contributed by atoms with van der Waals surface area (Å²) in [5.41, 5.74) is 3.09. The average Bonchev–Trinajstić information content (AvgIpc) is 2.80. The number of aliphatic hydroxyl groups is 2. The van der Waals surface area contributed by atoms with E-state index in [9.17, 15) is 15.5 Å². The van der Waals surface area contributed by atoms with Crippen LogP contribution in [0.15, 0.2) is 41.3 Å². The standard InChI is InChI=1S/C25H33N3O3S/c1-4-10-28(11-5-2)21-9-8-19-12-18(6-7-20(19)13-21)17(3)24(15-26)32-27-23-14-22(29)16-31-25(23)30/h6-9,12-13,22-23,25,27,29-30H,4-5,10-11,14,16H2,1-3H3/b24-17+. The zero-order valence-corrected chi connectivity index (χ0v) is 19.9. The van der Waals surface area contributed by atoms with E-state index in [2.05, 4.69) is 59.9 Å². The average molecular weight is 456 g/mol. The molecule has 3 N–H and O–H groups in total. The van der Waals surface area contributed by atoms with Crippen LogP contribution in [0.25, 0.3) is 16.3 Å². The quantitative estimate of drug-likeness (QED) is 0.381. The smallest absolute Gasteiger partial charge is 0.171 e. The van der Waals surface area contributed by atoms with Crippen molar-refractivity contribution >= 4 is 34.0 Å². The van der Waals surface area contributed by atoms with E-state index in [-0.39, 0.29) is 6.61 Å². The topological polar surface area (TPSA) is 88.8 Å². The Bertz CT molecular complexity index is 982. The molecule has 0 amide bonds. The number of ether oxygens (including phenoxy) is 1. The van der Waals surface area contributed by atoms with Crippen LogP contribution in [0, 0.1) is 11.3 Å². The third-order valence-electron chi connectivity index (χ3n) is 5.69. The van der Waals surface area contributed by atoms with E-state index in [1.807, 2.05) is 13.0 Å². The van der Waals surface area contributed by atoms with Crippen molar-refractivity contribution in [1.82, 2.24) is 4.72 Å². The molecule has 0 aliphatic carbocycles. The number of fused-ring (bicyclic) bond motifs is 1. The van der Waals surface area contributed by atoms with Gasteiger partial charge in [-0.05, 0) is 78.2 Å². The monoisotopic (exact) mass is 455 g/mol. The van der Waals surface area contributed by atoms with Crippen molar-refractivity contribution in [3.05, 3.63) is 46.9 Å². The molecule has 0 aromatic heterocycles. The SMILES string of the molecule is CCCN(CCC)c1ccc2cc(/C(C)=C(\C#N)SNC3CC(O)COC3O)ccc2c1. The Morgan fingerprint density at radius 2 is 1.84 bits per heavy atom. The lowest BCUT2D eigenvalue weighted by atomic mass is 10.0. The summed E-state index contributed by atoms with van der Waals surface area (Å²) in [5, 5.41) is 31.7. The van der Waals surface area contributed by atoms with Crippen LogP contribution in [-0.2, 0) is 4.74 Å². The molecule has 32 heavy (non-hydrogen) atoms. The molecule has 0 radical (unpaired) electrons. The van der Waals surface area contributed by atoms with Crippen molar-refractivity contribution in [2.24, 2.45) is 0 Å². The third kappa shape index (κ3) is 6.03. The van der Waals surface area contributed by atoms with Crippen molar-refractivity contribution < 1.29 is 14.9 Å². The van der Waals surface area contributed by atoms with Gasteiger partial charge < -0.3 is 19.8 Å². The number of rotatable bonds is 9. The van der Waals surface area contributed by atoms with E-state index in [1.54, 1.807) is 0 Å². The highest BCUT2D eigenvalue weighted by molar-refractivity contribution is 8.01. The Kier molecular flexibility index (Phi) is 8.97. The number of nitrogens with zero attached hydrogens (tertiary/aromatic N) is 2. The minimum Gasteiger partial charge on any atom is -0.391 e. The molecule has 2 aromatic rings. The summed E-state index contributed by atoms with van der Waals surface area (Å²) in [6.07, 6.45) is 0.986. The molecule has 0 spiro atoms. The summed E-state index contributed by atoms with van der Waals surface area (Å²) in [6.45, 7) is 8.55. The zero-order valence-electron chi connectivity index (χ0n) is 19.0. The van der Waals surface area contributed by atoms with E-state index in [0.717, 1.165) is 42.5 Å². The molecular formula is C25H33N3O3S. The van der Waals surface area contributed by atoms with Gasteiger partial charge in [0, 0.05) is 18.8 Å². The highest BCUT2D eigenvalue weighted by atomic mass is 32.2. The van der Waals surface area contributed by atoms with E-state index in [4.69, 9.17) is 4.74 Å². The number of nitrogens with one attached hydrogen (secondary N) is 1. The first-order valence-corrected chi connectivity index (χ1v) is 12.1. The van der Waals surface area contributed by atoms with E-state index < -0.39 is 18.4 Å². The van der Waals surface area contributed by atoms with Crippen molar-refractivity contribution in [1.29, 1.82) is 5.26 Å². The molecule has 3 rings (SSSR count). The van der Waals surface area contributed by atoms with Gasteiger partial charge in [0.15, 0.2) is 6.29 Å². The molecule has 2 aromatic carbocycles. The number of anilines is 1. The molecule has 0 bridgehead atoms. The maximum atomic E-state index is 9.96. The van der Waals surface area contributed by atoms with Crippen LogP contribution in [0.1, 0.15) is 45.6 Å². The number of allylic oxidation sites excluding steroid dienone is 2. The van der Waals surface area contributed by atoms with Gasteiger partial charge in [0.2, 0.25) is 0 Å². The van der Waals surface area contributed by atoms with Crippen molar-refractivity contribution in [3.8, 4) is 6.07 Å². The second-order valence-electron chi connectivity index (χ2n) is 8.24. The summed E-state index contributed by atoms with van der Waals surface area (Å²) in [7, 11) is 0. The maximum absolute atomic E-state index is 9.96. The van der Waals surface area contributed by atoms with Crippen LogP contribution in [0.2, 0.25) is 0 Å².